The molecule has 19 heavy (non-hydrogen) atoms. The molecule has 0 aliphatic heterocycles. The summed E-state index contributed by atoms with van der Waals surface area (Å²) in [5.41, 5.74) is 5.93. The lowest BCUT2D eigenvalue weighted by Gasteiger charge is -2.13. The van der Waals surface area contributed by atoms with E-state index in [1.807, 2.05) is 0 Å². The minimum atomic E-state index is -3.66. The predicted molar refractivity (Wildman–Crippen MR) is 71.0 cm³/mol. The number of nitrogens with two attached hydrogens (primary N) is 1. The number of anilines is 1. The first-order chi connectivity index (χ1) is 8.96. The Bertz CT molecular complexity index is 530. The number of nitrogens with one attached hydrogen (secondary N) is 1. The molecule has 0 spiro atoms. The van der Waals surface area contributed by atoms with Gasteiger partial charge in [-0.05, 0) is 6.07 Å². The van der Waals surface area contributed by atoms with Crippen molar-refractivity contribution >= 4 is 15.7 Å². The topological polar surface area (TPSA) is 99.9 Å². The molecule has 0 saturated carbocycles. The van der Waals surface area contributed by atoms with E-state index in [4.69, 9.17) is 19.9 Å². The van der Waals surface area contributed by atoms with Crippen LogP contribution < -0.4 is 19.9 Å². The molecule has 0 unspecified atom stereocenters. The third kappa shape index (κ3) is 3.72. The number of methoxy groups -OCH3 is 3. The van der Waals surface area contributed by atoms with Gasteiger partial charge in [0, 0.05) is 19.7 Å². The van der Waals surface area contributed by atoms with Crippen molar-refractivity contribution in [3.05, 3.63) is 12.1 Å². The van der Waals surface area contributed by atoms with Crippen LogP contribution in [0, 0.1) is 0 Å². The lowest BCUT2D eigenvalue weighted by Crippen LogP contribution is -2.27. The van der Waals surface area contributed by atoms with Gasteiger partial charge in [-0.25, -0.2) is 13.1 Å². The third-order valence-corrected chi connectivity index (χ3v) is 3.83. The molecule has 7 nitrogen and oxygen atoms in total. The Hall–Kier alpha value is -1.51. The van der Waals surface area contributed by atoms with Crippen LogP contribution >= 0.6 is 0 Å². The van der Waals surface area contributed by atoms with Crippen molar-refractivity contribution in [2.45, 2.75) is 4.90 Å². The summed E-state index contributed by atoms with van der Waals surface area (Å²) in [7, 11) is 0.669. The fourth-order valence-electron chi connectivity index (χ4n) is 1.48. The number of benzene rings is 1. The molecule has 0 aliphatic carbocycles. The molecule has 0 amide bonds. The summed E-state index contributed by atoms with van der Waals surface area (Å²) in [5.74, 6) is 0.563. The van der Waals surface area contributed by atoms with Crippen LogP contribution in [-0.2, 0) is 14.8 Å². The second-order valence-corrected chi connectivity index (χ2v) is 5.41. The van der Waals surface area contributed by atoms with Crippen molar-refractivity contribution in [1.29, 1.82) is 0 Å². The molecular weight excluding hydrogens is 272 g/mol. The number of nitrogen functional groups attached to an aromatic ring is 1. The maximum Gasteiger partial charge on any atom is 0.240 e. The molecule has 0 atom stereocenters. The van der Waals surface area contributed by atoms with Crippen LogP contribution in [0.25, 0.3) is 0 Å². The Kier molecular flexibility index (Phi) is 5.40. The summed E-state index contributed by atoms with van der Waals surface area (Å²) < 4.78 is 41.3. The molecular formula is C11H18N2O5S. The van der Waals surface area contributed by atoms with E-state index in [1.54, 1.807) is 0 Å². The van der Waals surface area contributed by atoms with Gasteiger partial charge in [-0.1, -0.05) is 0 Å². The molecule has 1 rings (SSSR count). The summed E-state index contributed by atoms with van der Waals surface area (Å²) in [6, 6.07) is 2.67. The van der Waals surface area contributed by atoms with E-state index < -0.39 is 10.0 Å². The van der Waals surface area contributed by atoms with Gasteiger partial charge in [0.25, 0.3) is 0 Å². The summed E-state index contributed by atoms with van der Waals surface area (Å²) in [6.45, 7) is 0.453. The molecule has 0 fully saturated rings. The highest BCUT2D eigenvalue weighted by Gasteiger charge is 2.19. The Labute approximate surface area is 112 Å². The molecule has 0 bridgehead atoms. The Morgan fingerprint density at radius 3 is 2.42 bits per heavy atom. The Balaban J connectivity index is 3.10. The van der Waals surface area contributed by atoms with E-state index in [0.717, 1.165) is 0 Å². The summed E-state index contributed by atoms with van der Waals surface area (Å²) in [5, 5.41) is 0. The molecule has 1 aromatic rings. The zero-order valence-electron chi connectivity index (χ0n) is 11.1. The average molecular weight is 290 g/mol. The highest BCUT2D eigenvalue weighted by atomic mass is 32.2. The minimum absolute atomic E-state index is 0.0127. The molecule has 0 heterocycles. The fraction of sp³-hybridized carbons (Fsp3) is 0.455. The summed E-state index contributed by atoms with van der Waals surface area (Å²) in [4.78, 5) is 0.0127. The molecule has 0 aromatic heterocycles. The maximum absolute atomic E-state index is 12.0. The van der Waals surface area contributed by atoms with E-state index in [2.05, 4.69) is 4.72 Å². The molecule has 8 heteroatoms. The standard InChI is InChI=1S/C11H18N2O5S/c1-16-5-4-13-19(14,15)8-6-9(12)11(18-3)10(7-8)17-2/h6-7,13H,4-5,12H2,1-3H3. The van der Waals surface area contributed by atoms with E-state index in [1.165, 1.54) is 33.5 Å². The Morgan fingerprint density at radius 2 is 1.89 bits per heavy atom. The largest absolute Gasteiger partial charge is 0.493 e. The van der Waals surface area contributed by atoms with Crippen LogP contribution in [0.5, 0.6) is 11.5 Å². The van der Waals surface area contributed by atoms with Crippen molar-refractivity contribution in [1.82, 2.24) is 4.72 Å². The minimum Gasteiger partial charge on any atom is -0.493 e. The van der Waals surface area contributed by atoms with Crippen LogP contribution in [0.15, 0.2) is 17.0 Å². The molecule has 3 N–H and O–H groups in total. The highest BCUT2D eigenvalue weighted by molar-refractivity contribution is 7.89. The van der Waals surface area contributed by atoms with E-state index >= 15 is 0 Å². The zero-order chi connectivity index (χ0) is 14.5. The van der Waals surface area contributed by atoms with Gasteiger partial charge in [-0.2, -0.15) is 0 Å². The van der Waals surface area contributed by atoms with Gasteiger partial charge < -0.3 is 19.9 Å². The van der Waals surface area contributed by atoms with Crippen LogP contribution in [0.2, 0.25) is 0 Å². The maximum atomic E-state index is 12.0. The van der Waals surface area contributed by atoms with Gasteiger partial charge in [0.05, 0.1) is 31.4 Å². The number of hydrogen-bond acceptors (Lipinski definition) is 6. The van der Waals surface area contributed by atoms with Crippen LogP contribution in [0.1, 0.15) is 0 Å². The normalized spacial score (nSPS) is 11.3. The zero-order valence-corrected chi connectivity index (χ0v) is 11.9. The average Bonchev–Trinajstić information content (AvgIpc) is 2.37. The van der Waals surface area contributed by atoms with Crippen molar-refractivity contribution < 1.29 is 22.6 Å². The SMILES string of the molecule is COCCNS(=O)(=O)c1cc(N)c(OC)c(OC)c1. The van der Waals surface area contributed by atoms with Crippen molar-refractivity contribution in [3.63, 3.8) is 0 Å². The molecule has 0 aliphatic rings. The van der Waals surface area contributed by atoms with Crippen molar-refractivity contribution in [2.75, 3.05) is 40.2 Å². The second kappa shape index (κ2) is 6.60. The fourth-order valence-corrected chi connectivity index (χ4v) is 2.55. The first kappa shape index (κ1) is 15.5. The van der Waals surface area contributed by atoms with Gasteiger partial charge in [0.1, 0.15) is 0 Å². The van der Waals surface area contributed by atoms with Crippen LogP contribution in [0.4, 0.5) is 5.69 Å². The number of ether oxygens (including phenoxy) is 3. The number of sulfonamides is 1. The van der Waals surface area contributed by atoms with Crippen LogP contribution in [0.3, 0.4) is 0 Å². The lowest BCUT2D eigenvalue weighted by molar-refractivity contribution is 0.204. The second-order valence-electron chi connectivity index (χ2n) is 3.64. The van der Waals surface area contributed by atoms with E-state index in [0.29, 0.717) is 5.75 Å². The lowest BCUT2D eigenvalue weighted by atomic mass is 10.3. The summed E-state index contributed by atoms with van der Waals surface area (Å²) >= 11 is 0. The van der Waals surface area contributed by atoms with Gasteiger partial charge in [-0.15, -0.1) is 0 Å². The van der Waals surface area contributed by atoms with Crippen molar-refractivity contribution in [2.24, 2.45) is 0 Å². The number of rotatable bonds is 7. The van der Waals surface area contributed by atoms with Gasteiger partial charge in [0.2, 0.25) is 10.0 Å². The molecule has 0 saturated heterocycles. The van der Waals surface area contributed by atoms with Crippen molar-refractivity contribution in [3.8, 4) is 11.5 Å². The highest BCUT2D eigenvalue weighted by Crippen LogP contribution is 2.35. The summed E-state index contributed by atoms with van der Waals surface area (Å²) in [6.07, 6.45) is 0. The Morgan fingerprint density at radius 1 is 1.21 bits per heavy atom. The molecule has 1 aromatic carbocycles. The first-order valence-electron chi connectivity index (χ1n) is 5.46. The third-order valence-electron chi connectivity index (χ3n) is 2.39. The van der Waals surface area contributed by atoms with E-state index in [-0.39, 0.29) is 29.5 Å². The predicted octanol–water partition coefficient (Wildman–Crippen LogP) is 0.211. The smallest absolute Gasteiger partial charge is 0.240 e. The van der Waals surface area contributed by atoms with Crippen LogP contribution in [-0.4, -0.2) is 42.9 Å². The molecule has 108 valence electrons. The molecule has 0 radical (unpaired) electrons. The monoisotopic (exact) mass is 290 g/mol. The number of hydrogen-bond donors (Lipinski definition) is 2. The van der Waals surface area contributed by atoms with Gasteiger partial charge in [-0.3, -0.25) is 0 Å². The first-order valence-corrected chi connectivity index (χ1v) is 6.94. The van der Waals surface area contributed by atoms with E-state index in [9.17, 15) is 8.42 Å². The van der Waals surface area contributed by atoms with Gasteiger partial charge in [0.15, 0.2) is 11.5 Å². The quantitative estimate of drug-likeness (QED) is 0.550. The van der Waals surface area contributed by atoms with Gasteiger partial charge >= 0.3 is 0 Å².